The van der Waals surface area contributed by atoms with Crippen LogP contribution in [-0.2, 0) is 20.6 Å². The molecule has 4 rings (SSSR count). The monoisotopic (exact) mass is 420 g/mol. The van der Waals surface area contributed by atoms with Gasteiger partial charge in [0.05, 0.1) is 39.8 Å². The molecular weight excluding hydrogens is 392 g/mol. The summed E-state index contributed by atoms with van der Waals surface area (Å²) in [5.74, 6) is -0.166. The summed E-state index contributed by atoms with van der Waals surface area (Å²) in [6.07, 6.45) is 1.75. The Bertz CT molecular complexity index is 1290. The fraction of sp³-hybridized carbons (Fsp3) is 0.409. The number of amides is 1. The predicted octanol–water partition coefficient (Wildman–Crippen LogP) is 3.00. The third-order valence-corrected chi connectivity index (χ3v) is 5.82. The summed E-state index contributed by atoms with van der Waals surface area (Å²) in [4.78, 5) is 18.3. The number of hydrogen-bond acceptors (Lipinski definition) is 5. The molecule has 0 aliphatic rings. The Kier molecular flexibility index (Phi) is 5.12. The standard InChI is InChI=1S/C22H28N8O/c1-8-30-18(9-10-23-30)12(2)24-22(31)16-11-17(19-13(3)26-28(6)15(19)5)25-21-20(16)14(4)27-29(21)7/h9-12H,8H2,1-7H3,(H,24,31). The van der Waals surface area contributed by atoms with Gasteiger partial charge in [0.15, 0.2) is 5.65 Å². The van der Waals surface area contributed by atoms with Gasteiger partial charge in [-0.25, -0.2) is 4.98 Å². The fourth-order valence-electron chi connectivity index (χ4n) is 4.22. The molecule has 0 bridgehead atoms. The summed E-state index contributed by atoms with van der Waals surface area (Å²) in [5.41, 5.74) is 6.49. The van der Waals surface area contributed by atoms with E-state index in [1.54, 1.807) is 10.9 Å². The van der Waals surface area contributed by atoms with Crippen LogP contribution >= 0.6 is 0 Å². The molecule has 0 saturated carbocycles. The second-order valence-corrected chi connectivity index (χ2v) is 7.90. The van der Waals surface area contributed by atoms with Gasteiger partial charge in [-0.15, -0.1) is 0 Å². The first-order valence-electron chi connectivity index (χ1n) is 10.4. The van der Waals surface area contributed by atoms with Gasteiger partial charge in [0, 0.05) is 38.1 Å². The molecule has 4 heterocycles. The summed E-state index contributed by atoms with van der Waals surface area (Å²) in [5, 5.41) is 17.2. The van der Waals surface area contributed by atoms with E-state index in [1.165, 1.54) is 0 Å². The predicted molar refractivity (Wildman–Crippen MR) is 119 cm³/mol. The minimum atomic E-state index is -0.194. The van der Waals surface area contributed by atoms with E-state index in [1.807, 2.05) is 70.2 Å². The highest BCUT2D eigenvalue weighted by Gasteiger charge is 2.23. The lowest BCUT2D eigenvalue weighted by Crippen LogP contribution is -2.28. The second kappa shape index (κ2) is 7.64. The van der Waals surface area contributed by atoms with Crippen molar-refractivity contribution in [3.63, 3.8) is 0 Å². The van der Waals surface area contributed by atoms with Crippen molar-refractivity contribution in [1.82, 2.24) is 39.6 Å². The summed E-state index contributed by atoms with van der Waals surface area (Å²) in [7, 11) is 3.75. The minimum absolute atomic E-state index is 0.166. The molecule has 0 saturated heterocycles. The van der Waals surface area contributed by atoms with Crippen LogP contribution in [0.2, 0.25) is 0 Å². The van der Waals surface area contributed by atoms with E-state index in [9.17, 15) is 4.79 Å². The number of rotatable bonds is 5. The van der Waals surface area contributed by atoms with Crippen molar-refractivity contribution in [2.24, 2.45) is 14.1 Å². The van der Waals surface area contributed by atoms with Crippen LogP contribution in [0.1, 0.15) is 53.0 Å². The Balaban J connectivity index is 1.83. The molecular formula is C22H28N8O. The SMILES string of the molecule is CCn1nccc1C(C)NC(=O)c1cc(-c2c(C)nn(C)c2C)nc2c1c(C)nn2C. The second-order valence-electron chi connectivity index (χ2n) is 7.90. The third kappa shape index (κ3) is 3.39. The Hall–Kier alpha value is -3.49. The molecule has 0 aliphatic carbocycles. The number of hydrogen-bond donors (Lipinski definition) is 1. The molecule has 9 heteroatoms. The van der Waals surface area contributed by atoms with Gasteiger partial charge >= 0.3 is 0 Å². The average Bonchev–Trinajstić information content (AvgIpc) is 3.38. The molecule has 1 amide bonds. The van der Waals surface area contributed by atoms with Crippen LogP contribution in [0.15, 0.2) is 18.3 Å². The van der Waals surface area contributed by atoms with Crippen LogP contribution in [-0.4, -0.2) is 40.2 Å². The number of carbonyl (C=O) groups is 1. The molecule has 4 aromatic heterocycles. The van der Waals surface area contributed by atoms with Crippen molar-refractivity contribution in [1.29, 1.82) is 0 Å². The largest absolute Gasteiger partial charge is 0.344 e. The van der Waals surface area contributed by atoms with Crippen LogP contribution in [0.4, 0.5) is 0 Å². The third-order valence-electron chi connectivity index (χ3n) is 5.82. The first-order chi connectivity index (χ1) is 14.7. The van der Waals surface area contributed by atoms with Crippen molar-refractivity contribution in [3.05, 3.63) is 46.7 Å². The molecule has 0 spiro atoms. The topological polar surface area (TPSA) is 95.5 Å². The number of nitrogens with zero attached hydrogens (tertiary/aromatic N) is 7. The van der Waals surface area contributed by atoms with Crippen LogP contribution in [0.3, 0.4) is 0 Å². The number of nitrogens with one attached hydrogen (secondary N) is 1. The van der Waals surface area contributed by atoms with Crippen LogP contribution in [0.5, 0.6) is 0 Å². The van der Waals surface area contributed by atoms with Gasteiger partial charge in [-0.05, 0) is 46.8 Å². The first-order valence-corrected chi connectivity index (χ1v) is 10.4. The zero-order valence-electron chi connectivity index (χ0n) is 19.1. The van der Waals surface area contributed by atoms with Crippen molar-refractivity contribution in [2.75, 3.05) is 0 Å². The van der Waals surface area contributed by atoms with Crippen LogP contribution in [0, 0.1) is 20.8 Å². The zero-order chi connectivity index (χ0) is 22.4. The lowest BCUT2D eigenvalue weighted by molar-refractivity contribution is 0.0940. The number of pyridine rings is 1. The summed E-state index contributed by atoms with van der Waals surface area (Å²) in [6, 6.07) is 3.59. The van der Waals surface area contributed by atoms with E-state index in [-0.39, 0.29) is 11.9 Å². The Morgan fingerprint density at radius 3 is 2.48 bits per heavy atom. The normalized spacial score (nSPS) is 12.5. The summed E-state index contributed by atoms with van der Waals surface area (Å²) in [6.45, 7) is 10.6. The van der Waals surface area contributed by atoms with Gasteiger partial charge in [0.2, 0.25) is 0 Å². The number of fused-ring (bicyclic) bond motifs is 1. The summed E-state index contributed by atoms with van der Waals surface area (Å²) < 4.78 is 5.44. The highest BCUT2D eigenvalue weighted by Crippen LogP contribution is 2.30. The maximum absolute atomic E-state index is 13.5. The maximum atomic E-state index is 13.5. The van der Waals surface area contributed by atoms with E-state index < -0.39 is 0 Å². The number of aromatic nitrogens is 7. The van der Waals surface area contributed by atoms with Crippen LogP contribution in [0.25, 0.3) is 22.3 Å². The molecule has 0 aromatic carbocycles. The van der Waals surface area contributed by atoms with Gasteiger partial charge in [-0.1, -0.05) is 0 Å². The Morgan fingerprint density at radius 2 is 1.84 bits per heavy atom. The van der Waals surface area contributed by atoms with E-state index in [4.69, 9.17) is 4.98 Å². The first kappa shape index (κ1) is 20.8. The number of aryl methyl sites for hydroxylation is 5. The summed E-state index contributed by atoms with van der Waals surface area (Å²) >= 11 is 0. The van der Waals surface area contributed by atoms with Gasteiger partial charge in [-0.2, -0.15) is 15.3 Å². The molecule has 0 aliphatic heterocycles. The Labute approximate surface area is 181 Å². The van der Waals surface area contributed by atoms with Crippen molar-refractivity contribution in [2.45, 2.75) is 47.2 Å². The van der Waals surface area contributed by atoms with Gasteiger partial charge in [0.1, 0.15) is 0 Å². The Morgan fingerprint density at radius 1 is 1.13 bits per heavy atom. The minimum Gasteiger partial charge on any atom is -0.344 e. The van der Waals surface area contributed by atoms with Crippen molar-refractivity contribution in [3.8, 4) is 11.3 Å². The molecule has 1 unspecified atom stereocenters. The van der Waals surface area contributed by atoms with Crippen LogP contribution < -0.4 is 5.32 Å². The van der Waals surface area contributed by atoms with Gasteiger partial charge in [0.25, 0.3) is 5.91 Å². The van der Waals surface area contributed by atoms with Gasteiger partial charge < -0.3 is 5.32 Å². The highest BCUT2D eigenvalue weighted by molar-refractivity contribution is 6.07. The van der Waals surface area contributed by atoms with E-state index >= 15 is 0 Å². The highest BCUT2D eigenvalue weighted by atomic mass is 16.1. The quantitative estimate of drug-likeness (QED) is 0.535. The molecule has 4 aromatic rings. The number of carbonyl (C=O) groups excluding carboxylic acids is 1. The van der Waals surface area contributed by atoms with E-state index in [0.29, 0.717) is 11.2 Å². The average molecular weight is 421 g/mol. The fourth-order valence-corrected chi connectivity index (χ4v) is 4.22. The lowest BCUT2D eigenvalue weighted by atomic mass is 10.0. The lowest BCUT2D eigenvalue weighted by Gasteiger charge is -2.16. The molecule has 1 atom stereocenters. The van der Waals surface area contributed by atoms with E-state index in [0.717, 1.165) is 46.0 Å². The molecule has 1 N–H and O–H groups in total. The maximum Gasteiger partial charge on any atom is 0.252 e. The van der Waals surface area contributed by atoms with Crippen molar-refractivity contribution >= 4 is 16.9 Å². The molecule has 9 nitrogen and oxygen atoms in total. The molecule has 0 radical (unpaired) electrons. The zero-order valence-corrected chi connectivity index (χ0v) is 19.1. The van der Waals surface area contributed by atoms with Crippen molar-refractivity contribution < 1.29 is 4.79 Å². The smallest absolute Gasteiger partial charge is 0.252 e. The van der Waals surface area contributed by atoms with E-state index in [2.05, 4.69) is 20.6 Å². The van der Waals surface area contributed by atoms with Gasteiger partial charge in [-0.3, -0.25) is 18.8 Å². The molecule has 162 valence electrons. The molecule has 31 heavy (non-hydrogen) atoms. The molecule has 0 fully saturated rings.